The Hall–Kier alpha value is -1.33. The molecule has 18 heavy (non-hydrogen) atoms. The molecule has 0 amide bonds. The number of aliphatic hydroxyl groups is 1. The van der Waals surface area contributed by atoms with Gasteiger partial charge in [-0.15, -0.1) is 0 Å². The summed E-state index contributed by atoms with van der Waals surface area (Å²) in [5.41, 5.74) is -0.0380. The topological polar surface area (TPSA) is 59.7 Å². The molecule has 1 heterocycles. The first-order chi connectivity index (χ1) is 8.32. The number of methoxy groups -OCH3 is 1. The van der Waals surface area contributed by atoms with Crippen molar-refractivity contribution in [2.75, 3.05) is 7.11 Å². The number of hydrogen-bond acceptors (Lipinski definition) is 4. The van der Waals surface area contributed by atoms with Crippen molar-refractivity contribution < 1.29 is 19.1 Å². The molecule has 0 spiro atoms. The fraction of sp³-hybridized carbons (Fsp3) is 0.308. The molecule has 0 aliphatic rings. The first-order valence-electron chi connectivity index (χ1n) is 5.37. The van der Waals surface area contributed by atoms with Crippen molar-refractivity contribution in [2.24, 2.45) is 0 Å². The third-order valence-electron chi connectivity index (χ3n) is 2.60. The molecule has 1 aromatic heterocycles. The molecular formula is C13H13BrO4. The largest absolute Gasteiger partial charge is 0.465 e. The monoisotopic (exact) mass is 312 g/mol. The SMILES string of the molecule is COC(=O)c1cc(Br)c2oc(C(C)(C)O)cc2c1. The molecule has 0 saturated heterocycles. The summed E-state index contributed by atoms with van der Waals surface area (Å²) in [7, 11) is 1.33. The highest BCUT2D eigenvalue weighted by atomic mass is 79.9. The second-order valence-corrected chi connectivity index (χ2v) is 5.39. The van der Waals surface area contributed by atoms with Crippen LogP contribution in [0, 0.1) is 0 Å². The number of fused-ring (bicyclic) bond motifs is 1. The predicted molar refractivity (Wildman–Crippen MR) is 70.5 cm³/mol. The van der Waals surface area contributed by atoms with E-state index in [1.54, 1.807) is 32.0 Å². The molecule has 4 nitrogen and oxygen atoms in total. The number of rotatable bonds is 2. The highest BCUT2D eigenvalue weighted by Crippen LogP contribution is 2.33. The minimum Gasteiger partial charge on any atom is -0.465 e. The summed E-state index contributed by atoms with van der Waals surface area (Å²) in [6, 6.07) is 5.02. The van der Waals surface area contributed by atoms with E-state index in [1.165, 1.54) is 7.11 Å². The molecule has 0 atom stereocenters. The second-order valence-electron chi connectivity index (χ2n) is 4.54. The van der Waals surface area contributed by atoms with E-state index < -0.39 is 11.6 Å². The Labute approximate surface area is 113 Å². The molecule has 0 unspecified atom stereocenters. The molecule has 5 heteroatoms. The maximum absolute atomic E-state index is 11.5. The number of carbonyl (C=O) groups is 1. The van der Waals surface area contributed by atoms with Gasteiger partial charge in [0.05, 0.1) is 17.1 Å². The van der Waals surface area contributed by atoms with E-state index in [0.29, 0.717) is 21.4 Å². The van der Waals surface area contributed by atoms with Gasteiger partial charge in [-0.3, -0.25) is 0 Å². The van der Waals surface area contributed by atoms with Gasteiger partial charge in [-0.25, -0.2) is 4.79 Å². The van der Waals surface area contributed by atoms with Crippen LogP contribution in [0.3, 0.4) is 0 Å². The van der Waals surface area contributed by atoms with Gasteiger partial charge in [0.25, 0.3) is 0 Å². The van der Waals surface area contributed by atoms with Gasteiger partial charge in [0.2, 0.25) is 0 Å². The Bertz CT molecular complexity index is 607. The van der Waals surface area contributed by atoms with E-state index >= 15 is 0 Å². The van der Waals surface area contributed by atoms with E-state index in [9.17, 15) is 9.90 Å². The molecule has 0 fully saturated rings. The Morgan fingerprint density at radius 1 is 1.39 bits per heavy atom. The van der Waals surface area contributed by atoms with Gasteiger partial charge >= 0.3 is 5.97 Å². The molecule has 96 valence electrons. The first-order valence-corrected chi connectivity index (χ1v) is 6.16. The zero-order valence-corrected chi connectivity index (χ0v) is 11.9. The van der Waals surface area contributed by atoms with E-state index in [2.05, 4.69) is 20.7 Å². The zero-order valence-electron chi connectivity index (χ0n) is 10.3. The van der Waals surface area contributed by atoms with Gasteiger partial charge in [-0.05, 0) is 48.0 Å². The molecule has 0 aliphatic carbocycles. The van der Waals surface area contributed by atoms with Crippen molar-refractivity contribution >= 4 is 32.9 Å². The van der Waals surface area contributed by atoms with Gasteiger partial charge < -0.3 is 14.3 Å². The van der Waals surface area contributed by atoms with Crippen LogP contribution in [0.5, 0.6) is 0 Å². The fourth-order valence-corrected chi connectivity index (χ4v) is 2.20. The quantitative estimate of drug-likeness (QED) is 0.865. The smallest absolute Gasteiger partial charge is 0.337 e. The lowest BCUT2D eigenvalue weighted by Gasteiger charge is -2.12. The minimum absolute atomic E-state index is 0.413. The minimum atomic E-state index is -1.07. The lowest BCUT2D eigenvalue weighted by Crippen LogP contribution is -2.13. The standard InChI is InChI=1S/C13H13BrO4/c1-13(2,16)10-6-7-4-8(12(15)17-3)5-9(14)11(7)18-10/h4-6,16H,1-3H3. The average molecular weight is 313 g/mol. The predicted octanol–water partition coefficient (Wildman–Crippen LogP) is 3.21. The van der Waals surface area contributed by atoms with E-state index in [4.69, 9.17) is 4.42 Å². The maximum atomic E-state index is 11.5. The van der Waals surface area contributed by atoms with Crippen LogP contribution in [-0.4, -0.2) is 18.2 Å². The molecule has 0 radical (unpaired) electrons. The Morgan fingerprint density at radius 3 is 2.61 bits per heavy atom. The number of benzene rings is 1. The van der Waals surface area contributed by atoms with Crippen molar-refractivity contribution in [2.45, 2.75) is 19.4 Å². The Balaban J connectivity index is 2.63. The number of carbonyl (C=O) groups excluding carboxylic acids is 1. The lowest BCUT2D eigenvalue weighted by atomic mass is 10.1. The summed E-state index contributed by atoms with van der Waals surface area (Å²) in [5, 5.41) is 10.6. The fourth-order valence-electron chi connectivity index (χ4n) is 1.65. The molecule has 0 aliphatic heterocycles. The number of ether oxygens (including phenoxy) is 1. The molecule has 2 aromatic rings. The summed E-state index contributed by atoms with van der Waals surface area (Å²) in [4.78, 5) is 11.5. The molecule has 0 bridgehead atoms. The molecular weight excluding hydrogens is 300 g/mol. The van der Waals surface area contributed by atoms with Gasteiger partial charge in [0.15, 0.2) is 0 Å². The maximum Gasteiger partial charge on any atom is 0.337 e. The molecule has 1 N–H and O–H groups in total. The van der Waals surface area contributed by atoms with Crippen LogP contribution < -0.4 is 0 Å². The molecule has 2 rings (SSSR count). The van der Waals surface area contributed by atoms with Gasteiger partial charge in [0, 0.05) is 5.39 Å². The average Bonchev–Trinajstić information content (AvgIpc) is 2.72. The normalized spacial score (nSPS) is 11.8. The van der Waals surface area contributed by atoms with Gasteiger partial charge in [-0.2, -0.15) is 0 Å². The van der Waals surface area contributed by atoms with E-state index in [0.717, 1.165) is 5.39 Å². The highest BCUT2D eigenvalue weighted by molar-refractivity contribution is 9.10. The van der Waals surface area contributed by atoms with Crippen LogP contribution in [0.4, 0.5) is 0 Å². The van der Waals surface area contributed by atoms with Crippen molar-refractivity contribution in [1.29, 1.82) is 0 Å². The Morgan fingerprint density at radius 2 is 2.06 bits per heavy atom. The summed E-state index contributed by atoms with van der Waals surface area (Å²) >= 11 is 3.34. The van der Waals surface area contributed by atoms with E-state index in [1.807, 2.05) is 0 Å². The van der Waals surface area contributed by atoms with Crippen molar-refractivity contribution in [3.8, 4) is 0 Å². The van der Waals surface area contributed by atoms with Crippen LogP contribution in [0.1, 0.15) is 30.0 Å². The number of halogens is 1. The summed E-state index contributed by atoms with van der Waals surface area (Å²) < 4.78 is 10.9. The Kier molecular flexibility index (Phi) is 3.21. The van der Waals surface area contributed by atoms with E-state index in [-0.39, 0.29) is 0 Å². The molecule has 0 saturated carbocycles. The van der Waals surface area contributed by atoms with Crippen LogP contribution in [0.2, 0.25) is 0 Å². The van der Waals surface area contributed by atoms with Crippen molar-refractivity contribution in [1.82, 2.24) is 0 Å². The van der Waals surface area contributed by atoms with Gasteiger partial charge in [0.1, 0.15) is 16.9 Å². The third-order valence-corrected chi connectivity index (χ3v) is 3.18. The zero-order chi connectivity index (χ0) is 13.5. The van der Waals surface area contributed by atoms with Crippen LogP contribution in [0.15, 0.2) is 27.1 Å². The molecule has 1 aromatic carbocycles. The first kappa shape index (κ1) is 13.1. The van der Waals surface area contributed by atoms with Gasteiger partial charge in [-0.1, -0.05) is 0 Å². The van der Waals surface area contributed by atoms with Crippen LogP contribution in [0.25, 0.3) is 11.0 Å². The lowest BCUT2D eigenvalue weighted by molar-refractivity contribution is 0.0557. The summed E-state index contributed by atoms with van der Waals surface area (Å²) in [5.74, 6) is 0.0313. The summed E-state index contributed by atoms with van der Waals surface area (Å²) in [6.45, 7) is 3.28. The number of furan rings is 1. The third kappa shape index (κ3) is 2.28. The number of esters is 1. The van der Waals surface area contributed by atoms with Crippen molar-refractivity contribution in [3.05, 3.63) is 34.0 Å². The van der Waals surface area contributed by atoms with Crippen molar-refractivity contribution in [3.63, 3.8) is 0 Å². The van der Waals surface area contributed by atoms with Crippen LogP contribution in [-0.2, 0) is 10.3 Å². The summed E-state index contributed by atoms with van der Waals surface area (Å²) in [6.07, 6.45) is 0. The number of hydrogen-bond donors (Lipinski definition) is 1. The highest BCUT2D eigenvalue weighted by Gasteiger charge is 2.22. The van der Waals surface area contributed by atoms with Crippen LogP contribution >= 0.6 is 15.9 Å². The second kappa shape index (κ2) is 4.40.